The van der Waals surface area contributed by atoms with Crippen LogP contribution in [0, 0.1) is 0 Å². The van der Waals surface area contributed by atoms with Crippen LogP contribution >= 0.6 is 0 Å². The molecule has 0 aliphatic carbocycles. The number of fused-ring (bicyclic) bond motifs is 11. The molecule has 0 saturated heterocycles. The summed E-state index contributed by atoms with van der Waals surface area (Å²) in [6, 6.07) is 121. The van der Waals surface area contributed by atoms with Crippen molar-refractivity contribution in [2.75, 3.05) is 0 Å². The average molecular weight is 1150 g/mol. The first kappa shape index (κ1) is 52.5. The Morgan fingerprint density at radius 1 is 0.144 bits per heavy atom. The minimum atomic E-state index is 0.892. The number of benzene rings is 16. The van der Waals surface area contributed by atoms with E-state index >= 15 is 0 Å². The molecule has 18 rings (SSSR count). The van der Waals surface area contributed by atoms with Crippen LogP contribution in [-0.4, -0.2) is 0 Å². The Bertz CT molecular complexity index is 5610. The van der Waals surface area contributed by atoms with Gasteiger partial charge in [-0.05, 0) is 121 Å². The van der Waals surface area contributed by atoms with Crippen molar-refractivity contribution < 1.29 is 8.83 Å². The maximum Gasteiger partial charge on any atom is 0.143 e. The van der Waals surface area contributed by atoms with Gasteiger partial charge in [-0.25, -0.2) is 0 Å². The Balaban J connectivity index is 0.000000141. The summed E-state index contributed by atoms with van der Waals surface area (Å²) in [6.07, 6.45) is 0. The van der Waals surface area contributed by atoms with Gasteiger partial charge in [0.25, 0.3) is 0 Å². The number of para-hydroxylation sites is 1. The molecule has 2 heterocycles. The van der Waals surface area contributed by atoms with E-state index in [4.69, 9.17) is 8.83 Å². The van der Waals surface area contributed by atoms with Crippen LogP contribution in [0.2, 0.25) is 0 Å². The molecule has 2 nitrogen and oxygen atoms in total. The van der Waals surface area contributed by atoms with Crippen LogP contribution in [0.15, 0.2) is 349 Å². The molecule has 18 aromatic rings. The SMILES string of the molecule is c1ccc(-c2c(-c3ccc(-c4c5ccccc5c(-c5ccccc5)c5ccccc45)cc3)oc3ccccc23)cc1.c1ccc(-c2c3ccccc3c(-c3ccc(-c4oc5c6ccccc6c6ccccc6c5c4-c4ccccc4)cc3)c3ccccc23)cc1. The van der Waals surface area contributed by atoms with Crippen molar-refractivity contribution >= 4 is 86.6 Å². The van der Waals surface area contributed by atoms with Gasteiger partial charge >= 0.3 is 0 Å². The molecule has 2 aromatic heterocycles. The van der Waals surface area contributed by atoms with Crippen molar-refractivity contribution in [2.24, 2.45) is 0 Å². The molecule has 16 aromatic carbocycles. The van der Waals surface area contributed by atoms with E-state index in [0.717, 1.165) is 72.2 Å². The van der Waals surface area contributed by atoms with E-state index in [2.05, 4.69) is 328 Å². The summed E-state index contributed by atoms with van der Waals surface area (Å²) in [4.78, 5) is 0. The second kappa shape index (κ2) is 22.1. The molecular formula is C88H56O2. The lowest BCUT2D eigenvalue weighted by Crippen LogP contribution is -1.90. The standard InChI is InChI=1S/C48H30O.C40H26O/c1-3-15-31(16-4-1)43-38-22-10-12-24-40(38)44(41-25-13-11-23-39(41)43)33-27-29-34(30-28-33)47-45(32-17-5-2-6-18-32)46-37-21-9-7-19-35(37)36-20-8-14-26-42(36)48(46)49-47;1-3-13-27(14-4-1)37-31-17-7-9-19-33(31)38(34-20-10-8-18-32(34)37)29-23-25-30(26-24-29)40-39(28-15-5-2-6-16-28)35-21-11-12-22-36(35)41-40/h1-30H;1-26H. The van der Waals surface area contributed by atoms with Gasteiger partial charge in [-0.15, -0.1) is 0 Å². The van der Waals surface area contributed by atoms with Crippen LogP contribution in [-0.2, 0) is 0 Å². The number of hydrogen-bond donors (Lipinski definition) is 0. The topological polar surface area (TPSA) is 26.3 Å². The molecule has 0 atom stereocenters. The second-order valence-electron chi connectivity index (χ2n) is 23.2. The van der Waals surface area contributed by atoms with Crippen molar-refractivity contribution in [3.8, 4) is 89.4 Å². The molecule has 0 spiro atoms. The van der Waals surface area contributed by atoms with E-state index in [-0.39, 0.29) is 0 Å². The summed E-state index contributed by atoms with van der Waals surface area (Å²) in [7, 11) is 0. The quantitative estimate of drug-likeness (QED) is 0.112. The third kappa shape index (κ3) is 8.80. The fraction of sp³-hybridized carbons (Fsp3) is 0. The lowest BCUT2D eigenvalue weighted by atomic mass is 9.85. The van der Waals surface area contributed by atoms with E-state index in [0.29, 0.717) is 0 Å². The highest BCUT2D eigenvalue weighted by molar-refractivity contribution is 6.29. The van der Waals surface area contributed by atoms with Gasteiger partial charge < -0.3 is 8.83 Å². The van der Waals surface area contributed by atoms with Gasteiger partial charge in [-0.1, -0.05) is 334 Å². The zero-order valence-electron chi connectivity index (χ0n) is 49.1. The fourth-order valence-corrected chi connectivity index (χ4v) is 14.2. The molecule has 0 bridgehead atoms. The van der Waals surface area contributed by atoms with Gasteiger partial charge in [0.05, 0.1) is 0 Å². The number of furan rings is 2. The first-order valence-corrected chi connectivity index (χ1v) is 30.9. The predicted molar refractivity (Wildman–Crippen MR) is 381 cm³/mol. The second-order valence-corrected chi connectivity index (χ2v) is 23.2. The fourth-order valence-electron chi connectivity index (χ4n) is 14.2. The highest BCUT2D eigenvalue weighted by Gasteiger charge is 2.25. The van der Waals surface area contributed by atoms with Gasteiger partial charge in [-0.2, -0.15) is 0 Å². The van der Waals surface area contributed by atoms with Crippen molar-refractivity contribution in [2.45, 2.75) is 0 Å². The van der Waals surface area contributed by atoms with Crippen LogP contribution in [0.5, 0.6) is 0 Å². The van der Waals surface area contributed by atoms with Gasteiger partial charge in [-0.3, -0.25) is 0 Å². The first-order chi connectivity index (χ1) is 44.7. The van der Waals surface area contributed by atoms with E-state index < -0.39 is 0 Å². The Kier molecular flexibility index (Phi) is 12.9. The van der Waals surface area contributed by atoms with Gasteiger partial charge in [0.1, 0.15) is 22.7 Å². The lowest BCUT2D eigenvalue weighted by molar-refractivity contribution is 0.632. The lowest BCUT2D eigenvalue weighted by Gasteiger charge is -2.17. The Labute approximate surface area is 521 Å². The zero-order valence-corrected chi connectivity index (χ0v) is 49.1. The van der Waals surface area contributed by atoms with Crippen molar-refractivity contribution in [1.29, 1.82) is 0 Å². The number of hydrogen-bond acceptors (Lipinski definition) is 2. The Hall–Kier alpha value is -11.8. The normalized spacial score (nSPS) is 11.6. The van der Waals surface area contributed by atoms with Crippen LogP contribution in [0.3, 0.4) is 0 Å². The molecular weight excluding hydrogens is 1090 g/mol. The van der Waals surface area contributed by atoms with Crippen molar-refractivity contribution in [1.82, 2.24) is 0 Å². The van der Waals surface area contributed by atoms with Crippen LogP contribution < -0.4 is 0 Å². The zero-order chi connectivity index (χ0) is 59.5. The molecule has 2 heteroatoms. The molecule has 0 saturated carbocycles. The highest BCUT2D eigenvalue weighted by Crippen LogP contribution is 2.50. The highest BCUT2D eigenvalue weighted by atomic mass is 16.3. The molecule has 90 heavy (non-hydrogen) atoms. The maximum absolute atomic E-state index is 7.01. The first-order valence-electron chi connectivity index (χ1n) is 30.9. The molecule has 0 aliphatic heterocycles. The van der Waals surface area contributed by atoms with Gasteiger partial charge in [0.2, 0.25) is 0 Å². The van der Waals surface area contributed by atoms with Crippen LogP contribution in [0.25, 0.3) is 176 Å². The monoisotopic (exact) mass is 1140 g/mol. The summed E-state index contributed by atoms with van der Waals surface area (Å²) in [5.74, 6) is 1.79. The average Bonchev–Trinajstić information content (AvgIpc) is 1.51. The van der Waals surface area contributed by atoms with Crippen LogP contribution in [0.4, 0.5) is 0 Å². The largest absolute Gasteiger partial charge is 0.455 e. The van der Waals surface area contributed by atoms with Gasteiger partial charge in [0.15, 0.2) is 0 Å². The van der Waals surface area contributed by atoms with E-state index in [1.165, 1.54) is 104 Å². The maximum atomic E-state index is 7.01. The summed E-state index contributed by atoms with van der Waals surface area (Å²) in [5, 5.41) is 17.1. The molecule has 0 radical (unpaired) electrons. The summed E-state index contributed by atoms with van der Waals surface area (Å²) in [6.45, 7) is 0. The van der Waals surface area contributed by atoms with E-state index in [1.54, 1.807) is 0 Å². The number of rotatable bonds is 8. The molecule has 0 amide bonds. The molecule has 0 aliphatic rings. The van der Waals surface area contributed by atoms with E-state index in [1.807, 2.05) is 12.1 Å². The molecule has 420 valence electrons. The Morgan fingerprint density at radius 3 is 0.767 bits per heavy atom. The third-order valence-electron chi connectivity index (χ3n) is 18.1. The van der Waals surface area contributed by atoms with Gasteiger partial charge in [0, 0.05) is 38.4 Å². The summed E-state index contributed by atoms with van der Waals surface area (Å²) >= 11 is 0. The molecule has 0 fully saturated rings. The minimum absolute atomic E-state index is 0.892. The minimum Gasteiger partial charge on any atom is -0.455 e. The van der Waals surface area contributed by atoms with Crippen molar-refractivity contribution in [3.05, 3.63) is 340 Å². The molecule has 0 unspecified atom stereocenters. The molecule has 0 N–H and O–H groups in total. The smallest absolute Gasteiger partial charge is 0.143 e. The van der Waals surface area contributed by atoms with E-state index in [9.17, 15) is 0 Å². The third-order valence-corrected chi connectivity index (χ3v) is 18.1. The Morgan fingerprint density at radius 2 is 0.389 bits per heavy atom. The van der Waals surface area contributed by atoms with Crippen molar-refractivity contribution in [3.63, 3.8) is 0 Å². The summed E-state index contributed by atoms with van der Waals surface area (Å²) in [5.41, 5.74) is 18.5. The summed E-state index contributed by atoms with van der Waals surface area (Å²) < 4.78 is 13.5. The predicted octanol–water partition coefficient (Wildman–Crippen LogP) is 25.1. The van der Waals surface area contributed by atoms with Crippen LogP contribution in [0.1, 0.15) is 0 Å².